The lowest BCUT2D eigenvalue weighted by Gasteiger charge is -2.38. The van der Waals surface area contributed by atoms with Gasteiger partial charge in [0.2, 0.25) is 0 Å². The van der Waals surface area contributed by atoms with Gasteiger partial charge in [0.25, 0.3) is 0 Å². The predicted molar refractivity (Wildman–Crippen MR) is 88.3 cm³/mol. The highest BCUT2D eigenvalue weighted by Crippen LogP contribution is 2.29. The monoisotopic (exact) mass is 320 g/mol. The number of amides is 1. The minimum atomic E-state index is -0.168. The van der Waals surface area contributed by atoms with Crippen molar-refractivity contribution in [3.8, 4) is 0 Å². The van der Waals surface area contributed by atoms with E-state index in [9.17, 15) is 4.79 Å². The Balaban J connectivity index is 1.52. The maximum Gasteiger partial charge on any atom is 0.409 e. The van der Waals surface area contributed by atoms with Crippen LogP contribution in [0.1, 0.15) is 51.5 Å². The zero-order chi connectivity index (χ0) is 16.1. The number of carbonyl (C=O) groups is 1. The van der Waals surface area contributed by atoms with E-state index in [2.05, 4.69) is 21.3 Å². The Bertz CT molecular complexity index is 483. The number of likely N-dealkylation sites (tertiary alicyclic amines) is 1. The summed E-state index contributed by atoms with van der Waals surface area (Å²) in [5, 5.41) is 8.29. The molecule has 1 amide bonds. The Morgan fingerprint density at radius 1 is 1.26 bits per heavy atom. The average molecular weight is 320 g/mol. The van der Waals surface area contributed by atoms with Crippen LogP contribution in [0.3, 0.4) is 0 Å². The van der Waals surface area contributed by atoms with Gasteiger partial charge in [0.05, 0.1) is 12.6 Å². The second-order valence-electron chi connectivity index (χ2n) is 6.57. The second-order valence-corrected chi connectivity index (χ2v) is 6.57. The van der Waals surface area contributed by atoms with Crippen LogP contribution in [-0.2, 0) is 4.74 Å². The van der Waals surface area contributed by atoms with Crippen molar-refractivity contribution < 1.29 is 9.53 Å². The number of carbonyl (C=O) groups excluding carboxylic acids is 1. The van der Waals surface area contributed by atoms with E-state index < -0.39 is 0 Å². The number of nitrogens with zero attached hydrogens (tertiary/aromatic N) is 3. The van der Waals surface area contributed by atoms with E-state index in [0.29, 0.717) is 24.7 Å². The van der Waals surface area contributed by atoms with Crippen molar-refractivity contribution in [2.45, 2.75) is 63.6 Å². The minimum Gasteiger partial charge on any atom is -0.450 e. The van der Waals surface area contributed by atoms with Crippen molar-refractivity contribution in [3.63, 3.8) is 0 Å². The summed E-state index contributed by atoms with van der Waals surface area (Å²) in [4.78, 5) is 13.6. The molecule has 6 heteroatoms. The highest BCUT2D eigenvalue weighted by molar-refractivity contribution is 5.67. The molecule has 2 atom stereocenters. The molecule has 0 bridgehead atoms. The molecule has 0 radical (unpaired) electrons. The van der Waals surface area contributed by atoms with Crippen LogP contribution in [0.2, 0.25) is 0 Å². The molecule has 1 aliphatic heterocycles. The van der Waals surface area contributed by atoms with Gasteiger partial charge in [0.1, 0.15) is 0 Å². The van der Waals surface area contributed by atoms with E-state index in [4.69, 9.17) is 4.74 Å². The van der Waals surface area contributed by atoms with Gasteiger partial charge in [-0.1, -0.05) is 12.8 Å². The minimum absolute atomic E-state index is 0.168. The lowest BCUT2D eigenvalue weighted by molar-refractivity contribution is 0.0921. The standard InChI is InChI=1S/C17H28N4O2/c1-2-23-17(22)20-12-8-14(9-13-20)19-15-6-3-4-7-16(15)21-11-5-10-18-21/h5,10-11,14-16,19H,2-4,6-9,12-13H2,1H3/t15-,16-/m1/s1. The molecule has 1 aromatic heterocycles. The SMILES string of the molecule is CCOC(=O)N1CCC(N[C@@H]2CCCC[C@H]2n2cccn2)CC1. The zero-order valence-electron chi connectivity index (χ0n) is 14.0. The molecule has 2 fully saturated rings. The molecule has 2 heterocycles. The lowest BCUT2D eigenvalue weighted by atomic mass is 9.89. The van der Waals surface area contributed by atoms with Gasteiger partial charge < -0.3 is 15.0 Å². The molecule has 0 spiro atoms. The molecule has 1 saturated heterocycles. The van der Waals surface area contributed by atoms with Crippen LogP contribution in [0.25, 0.3) is 0 Å². The van der Waals surface area contributed by atoms with E-state index >= 15 is 0 Å². The Morgan fingerprint density at radius 3 is 2.74 bits per heavy atom. The van der Waals surface area contributed by atoms with E-state index in [1.165, 1.54) is 25.7 Å². The second kappa shape index (κ2) is 7.81. The Morgan fingerprint density at radius 2 is 2.04 bits per heavy atom. The van der Waals surface area contributed by atoms with Gasteiger partial charge in [-0.25, -0.2) is 4.79 Å². The Kier molecular flexibility index (Phi) is 5.54. The van der Waals surface area contributed by atoms with Gasteiger partial charge in [-0.15, -0.1) is 0 Å². The number of aromatic nitrogens is 2. The van der Waals surface area contributed by atoms with Crippen molar-refractivity contribution in [2.24, 2.45) is 0 Å². The molecular weight excluding hydrogens is 292 g/mol. The topological polar surface area (TPSA) is 59.4 Å². The molecule has 1 aliphatic carbocycles. The highest BCUT2D eigenvalue weighted by atomic mass is 16.6. The fraction of sp³-hybridized carbons (Fsp3) is 0.765. The van der Waals surface area contributed by atoms with Crippen LogP contribution in [0, 0.1) is 0 Å². The van der Waals surface area contributed by atoms with Crippen molar-refractivity contribution in [1.82, 2.24) is 20.0 Å². The van der Waals surface area contributed by atoms with E-state index in [0.717, 1.165) is 25.9 Å². The van der Waals surface area contributed by atoms with Gasteiger partial charge in [-0.05, 0) is 38.7 Å². The summed E-state index contributed by atoms with van der Waals surface area (Å²) in [6.07, 6.45) is 10.8. The highest BCUT2D eigenvalue weighted by Gasteiger charge is 2.30. The van der Waals surface area contributed by atoms with Gasteiger partial charge in [0, 0.05) is 37.6 Å². The molecule has 6 nitrogen and oxygen atoms in total. The molecule has 3 rings (SSSR count). The lowest BCUT2D eigenvalue weighted by Crippen LogP contribution is -2.50. The number of rotatable bonds is 4. The van der Waals surface area contributed by atoms with E-state index in [-0.39, 0.29) is 6.09 Å². The number of hydrogen-bond donors (Lipinski definition) is 1. The maximum absolute atomic E-state index is 11.8. The summed E-state index contributed by atoms with van der Waals surface area (Å²) in [7, 11) is 0. The summed E-state index contributed by atoms with van der Waals surface area (Å²) in [6.45, 7) is 3.88. The third-order valence-electron chi connectivity index (χ3n) is 5.06. The van der Waals surface area contributed by atoms with Gasteiger partial charge >= 0.3 is 6.09 Å². The van der Waals surface area contributed by atoms with Crippen LogP contribution in [0.4, 0.5) is 4.79 Å². The first-order valence-electron chi connectivity index (χ1n) is 8.95. The number of piperidine rings is 1. The molecule has 1 aromatic rings. The van der Waals surface area contributed by atoms with Gasteiger partial charge in [-0.2, -0.15) is 5.10 Å². The smallest absolute Gasteiger partial charge is 0.409 e. The van der Waals surface area contributed by atoms with Gasteiger partial charge in [0.15, 0.2) is 0 Å². The van der Waals surface area contributed by atoms with Crippen molar-refractivity contribution in [1.29, 1.82) is 0 Å². The number of ether oxygens (including phenoxy) is 1. The molecule has 2 aliphatic rings. The quantitative estimate of drug-likeness (QED) is 0.926. The Hall–Kier alpha value is -1.56. The fourth-order valence-corrected chi connectivity index (χ4v) is 3.85. The first kappa shape index (κ1) is 16.3. The summed E-state index contributed by atoms with van der Waals surface area (Å²) < 4.78 is 7.20. The van der Waals surface area contributed by atoms with Crippen LogP contribution in [-0.4, -0.2) is 52.6 Å². The van der Waals surface area contributed by atoms with Crippen LogP contribution >= 0.6 is 0 Å². The molecular formula is C17H28N4O2. The predicted octanol–water partition coefficient (Wildman–Crippen LogP) is 2.58. The molecule has 0 aromatic carbocycles. The number of nitrogens with one attached hydrogen (secondary N) is 1. The van der Waals surface area contributed by atoms with Crippen LogP contribution in [0.15, 0.2) is 18.5 Å². The third-order valence-corrected chi connectivity index (χ3v) is 5.06. The summed E-state index contributed by atoms with van der Waals surface area (Å²) in [6, 6.07) is 3.44. The zero-order valence-corrected chi connectivity index (χ0v) is 14.0. The van der Waals surface area contributed by atoms with Crippen molar-refractivity contribution >= 4 is 6.09 Å². The summed E-state index contributed by atoms with van der Waals surface area (Å²) >= 11 is 0. The molecule has 1 N–H and O–H groups in total. The first-order chi connectivity index (χ1) is 11.3. The van der Waals surface area contributed by atoms with Gasteiger partial charge in [-0.3, -0.25) is 4.68 Å². The molecule has 128 valence electrons. The third kappa shape index (κ3) is 4.05. The summed E-state index contributed by atoms with van der Waals surface area (Å²) in [5.74, 6) is 0. The fourth-order valence-electron chi connectivity index (χ4n) is 3.85. The van der Waals surface area contributed by atoms with Crippen LogP contribution in [0.5, 0.6) is 0 Å². The van der Waals surface area contributed by atoms with E-state index in [1.54, 1.807) is 0 Å². The maximum atomic E-state index is 11.8. The largest absolute Gasteiger partial charge is 0.450 e. The first-order valence-corrected chi connectivity index (χ1v) is 8.95. The van der Waals surface area contributed by atoms with Crippen molar-refractivity contribution in [3.05, 3.63) is 18.5 Å². The normalized spacial score (nSPS) is 26.2. The molecule has 1 saturated carbocycles. The van der Waals surface area contributed by atoms with Crippen LogP contribution < -0.4 is 5.32 Å². The average Bonchev–Trinajstić information content (AvgIpc) is 3.10. The van der Waals surface area contributed by atoms with E-state index in [1.807, 2.05) is 24.1 Å². The Labute approximate surface area is 138 Å². The molecule has 0 unspecified atom stereocenters. The molecule has 23 heavy (non-hydrogen) atoms. The number of hydrogen-bond acceptors (Lipinski definition) is 4. The van der Waals surface area contributed by atoms with Crippen molar-refractivity contribution in [2.75, 3.05) is 19.7 Å². The summed E-state index contributed by atoms with van der Waals surface area (Å²) in [5.41, 5.74) is 0.